The molecule has 0 aromatic carbocycles. The number of amides is 2. The summed E-state index contributed by atoms with van der Waals surface area (Å²) in [6.45, 7) is 5.21. The number of nitrogens with zero attached hydrogens (tertiary/aromatic N) is 3. The lowest BCUT2D eigenvalue weighted by Crippen LogP contribution is -2.43. The number of halogens is 1. The van der Waals surface area contributed by atoms with Gasteiger partial charge in [-0.3, -0.25) is 14.5 Å². The largest absolute Gasteiger partial charge is 0.379 e. The van der Waals surface area contributed by atoms with Crippen LogP contribution >= 0.6 is 0 Å². The quantitative estimate of drug-likeness (QED) is 0.812. The number of ether oxygens (including phenoxy) is 1. The molecule has 0 aliphatic carbocycles. The van der Waals surface area contributed by atoms with Crippen LogP contribution in [0.15, 0.2) is 18.3 Å². The van der Waals surface area contributed by atoms with E-state index >= 15 is 0 Å². The van der Waals surface area contributed by atoms with E-state index in [0.29, 0.717) is 13.1 Å². The molecule has 2 saturated heterocycles. The Bertz CT molecular complexity index is 589. The van der Waals surface area contributed by atoms with Gasteiger partial charge in [0.05, 0.1) is 25.5 Å². The lowest BCUT2D eigenvalue weighted by Gasteiger charge is -2.28. The number of nitrogens with one attached hydrogen (secondary N) is 1. The van der Waals surface area contributed by atoms with E-state index in [-0.39, 0.29) is 30.0 Å². The zero-order chi connectivity index (χ0) is 16.9. The van der Waals surface area contributed by atoms with Crippen molar-refractivity contribution >= 4 is 11.8 Å². The van der Waals surface area contributed by atoms with Crippen molar-refractivity contribution in [2.24, 2.45) is 0 Å². The molecule has 3 heterocycles. The molecule has 2 fully saturated rings. The van der Waals surface area contributed by atoms with Gasteiger partial charge in [0, 0.05) is 39.1 Å². The van der Waals surface area contributed by atoms with Crippen molar-refractivity contribution < 1.29 is 18.7 Å². The summed E-state index contributed by atoms with van der Waals surface area (Å²) in [6.07, 6.45) is 1.29. The van der Waals surface area contributed by atoms with E-state index in [0.717, 1.165) is 39.0 Å². The minimum Gasteiger partial charge on any atom is -0.379 e. The third-order valence-corrected chi connectivity index (χ3v) is 4.30. The molecule has 0 saturated carbocycles. The summed E-state index contributed by atoms with van der Waals surface area (Å²) in [4.78, 5) is 32.0. The highest BCUT2D eigenvalue weighted by atomic mass is 19.1. The summed E-state index contributed by atoms with van der Waals surface area (Å²) in [5.74, 6) is -0.833. The van der Waals surface area contributed by atoms with E-state index in [1.54, 1.807) is 4.90 Å². The van der Waals surface area contributed by atoms with Gasteiger partial charge in [-0.25, -0.2) is 9.37 Å². The molecule has 0 unspecified atom stereocenters. The fourth-order valence-electron chi connectivity index (χ4n) is 2.94. The summed E-state index contributed by atoms with van der Waals surface area (Å²) in [5, 5.41) is 2.79. The number of aromatic nitrogens is 1. The first-order chi connectivity index (χ1) is 11.6. The fourth-order valence-corrected chi connectivity index (χ4v) is 2.94. The smallest absolute Gasteiger partial charge is 0.270 e. The summed E-state index contributed by atoms with van der Waals surface area (Å²) in [7, 11) is 0. The number of carbonyl (C=O) groups excluding carboxylic acids is 2. The highest BCUT2D eigenvalue weighted by molar-refractivity contribution is 5.93. The van der Waals surface area contributed by atoms with Crippen molar-refractivity contribution in [3.63, 3.8) is 0 Å². The minimum absolute atomic E-state index is 0.0422. The minimum atomic E-state index is -0.489. The molecular weight excluding hydrogens is 315 g/mol. The molecule has 8 heteroatoms. The van der Waals surface area contributed by atoms with Gasteiger partial charge in [-0.15, -0.1) is 0 Å². The SMILES string of the molecule is O=C(N[C@H]1CC(=O)N(CCN2CCOCC2)C1)c1ccc(F)cn1. The van der Waals surface area contributed by atoms with Crippen LogP contribution in [0, 0.1) is 5.82 Å². The molecule has 1 aromatic rings. The average Bonchev–Trinajstić information content (AvgIpc) is 2.94. The maximum absolute atomic E-state index is 12.8. The molecule has 1 aromatic heterocycles. The maximum Gasteiger partial charge on any atom is 0.270 e. The van der Waals surface area contributed by atoms with E-state index in [1.165, 1.54) is 12.1 Å². The van der Waals surface area contributed by atoms with Crippen LogP contribution in [0.5, 0.6) is 0 Å². The van der Waals surface area contributed by atoms with Gasteiger partial charge in [-0.05, 0) is 12.1 Å². The van der Waals surface area contributed by atoms with E-state index in [4.69, 9.17) is 4.74 Å². The van der Waals surface area contributed by atoms with Crippen LogP contribution in [0.25, 0.3) is 0 Å². The molecule has 0 radical (unpaired) electrons. The second-order valence-electron chi connectivity index (χ2n) is 6.03. The number of likely N-dealkylation sites (tertiary alicyclic amines) is 1. The predicted molar refractivity (Wildman–Crippen MR) is 83.9 cm³/mol. The van der Waals surface area contributed by atoms with Crippen molar-refractivity contribution in [1.29, 1.82) is 0 Å². The van der Waals surface area contributed by atoms with Crippen LogP contribution in [-0.4, -0.2) is 78.6 Å². The summed E-state index contributed by atoms with van der Waals surface area (Å²) in [6, 6.07) is 2.29. The number of hydrogen-bond acceptors (Lipinski definition) is 5. The molecule has 2 aliphatic rings. The standard InChI is InChI=1S/C16H21FN4O3/c17-12-1-2-14(18-10-12)16(23)19-13-9-15(22)21(11-13)4-3-20-5-7-24-8-6-20/h1-2,10,13H,3-9,11H2,(H,19,23)/t13-/m0/s1. The Labute approximate surface area is 139 Å². The van der Waals surface area contributed by atoms with E-state index in [2.05, 4.69) is 15.2 Å². The normalized spacial score (nSPS) is 22.0. The number of pyridine rings is 1. The fraction of sp³-hybridized carbons (Fsp3) is 0.562. The molecule has 7 nitrogen and oxygen atoms in total. The highest BCUT2D eigenvalue weighted by Gasteiger charge is 2.31. The molecule has 3 rings (SSSR count). The van der Waals surface area contributed by atoms with Gasteiger partial charge in [0.1, 0.15) is 11.5 Å². The van der Waals surface area contributed by atoms with Gasteiger partial charge in [0.15, 0.2) is 0 Å². The van der Waals surface area contributed by atoms with Gasteiger partial charge in [0.25, 0.3) is 5.91 Å². The third kappa shape index (κ3) is 4.27. The molecule has 0 bridgehead atoms. The van der Waals surface area contributed by atoms with Gasteiger partial charge in [0.2, 0.25) is 5.91 Å². The summed E-state index contributed by atoms with van der Waals surface area (Å²) < 4.78 is 18.1. The predicted octanol–water partition coefficient (Wildman–Crippen LogP) is -0.116. The van der Waals surface area contributed by atoms with Crippen LogP contribution in [0.4, 0.5) is 4.39 Å². The first kappa shape index (κ1) is 16.8. The Morgan fingerprint density at radius 3 is 2.83 bits per heavy atom. The zero-order valence-electron chi connectivity index (χ0n) is 13.4. The molecule has 130 valence electrons. The van der Waals surface area contributed by atoms with Crippen molar-refractivity contribution in [3.8, 4) is 0 Å². The number of rotatable bonds is 5. The van der Waals surface area contributed by atoms with Crippen molar-refractivity contribution in [3.05, 3.63) is 29.8 Å². The second kappa shape index (κ2) is 7.67. The third-order valence-electron chi connectivity index (χ3n) is 4.30. The van der Waals surface area contributed by atoms with Gasteiger partial charge >= 0.3 is 0 Å². The molecule has 1 atom stereocenters. The Kier molecular flexibility index (Phi) is 5.37. The first-order valence-electron chi connectivity index (χ1n) is 8.12. The van der Waals surface area contributed by atoms with Gasteiger partial charge in [-0.1, -0.05) is 0 Å². The molecule has 1 N–H and O–H groups in total. The maximum atomic E-state index is 12.8. The Hall–Kier alpha value is -2.06. The number of carbonyl (C=O) groups is 2. The van der Waals surface area contributed by atoms with Crippen molar-refractivity contribution in [2.75, 3.05) is 45.9 Å². The highest BCUT2D eigenvalue weighted by Crippen LogP contribution is 2.12. The Morgan fingerprint density at radius 1 is 1.33 bits per heavy atom. The van der Waals surface area contributed by atoms with Crippen molar-refractivity contribution in [1.82, 2.24) is 20.1 Å². The van der Waals surface area contributed by atoms with Gasteiger partial charge in [-0.2, -0.15) is 0 Å². The van der Waals surface area contributed by atoms with Crippen LogP contribution in [0.2, 0.25) is 0 Å². The molecule has 2 amide bonds. The molecule has 24 heavy (non-hydrogen) atoms. The van der Waals surface area contributed by atoms with Gasteiger partial charge < -0.3 is 15.0 Å². The molecule has 0 spiro atoms. The summed E-state index contributed by atoms with van der Waals surface area (Å²) in [5.41, 5.74) is 0.149. The number of hydrogen-bond donors (Lipinski definition) is 1. The number of morpholine rings is 1. The lowest BCUT2D eigenvalue weighted by molar-refractivity contribution is -0.128. The van der Waals surface area contributed by atoms with Crippen LogP contribution in [0.3, 0.4) is 0 Å². The van der Waals surface area contributed by atoms with Crippen molar-refractivity contribution in [2.45, 2.75) is 12.5 Å². The average molecular weight is 336 g/mol. The zero-order valence-corrected chi connectivity index (χ0v) is 13.4. The monoisotopic (exact) mass is 336 g/mol. The van der Waals surface area contributed by atoms with E-state index < -0.39 is 5.82 Å². The Morgan fingerprint density at radius 2 is 2.12 bits per heavy atom. The van der Waals surface area contributed by atoms with E-state index in [1.807, 2.05) is 0 Å². The van der Waals surface area contributed by atoms with E-state index in [9.17, 15) is 14.0 Å². The molecule has 2 aliphatic heterocycles. The molecular formula is C16H21FN4O3. The van der Waals surface area contributed by atoms with Crippen LogP contribution < -0.4 is 5.32 Å². The topological polar surface area (TPSA) is 74.8 Å². The van der Waals surface area contributed by atoms with Crippen LogP contribution in [-0.2, 0) is 9.53 Å². The lowest BCUT2D eigenvalue weighted by atomic mass is 10.2. The second-order valence-corrected chi connectivity index (χ2v) is 6.03. The summed E-state index contributed by atoms with van der Waals surface area (Å²) >= 11 is 0. The Balaban J connectivity index is 1.47. The van der Waals surface area contributed by atoms with Crippen LogP contribution in [0.1, 0.15) is 16.9 Å². The first-order valence-corrected chi connectivity index (χ1v) is 8.12.